The monoisotopic (exact) mass is 652 g/mol. The zero-order chi connectivity index (χ0) is 31.8. The Kier molecular flexibility index (Phi) is 5.94. The summed E-state index contributed by atoms with van der Waals surface area (Å²) in [5, 5.41) is 0. The number of anilines is 3. The van der Waals surface area contributed by atoms with Crippen LogP contribution in [0.25, 0.3) is 11.4 Å². The normalized spacial score (nSPS) is 36.9. The van der Waals surface area contributed by atoms with E-state index in [1.165, 1.54) is 116 Å². The molecule has 0 radical (unpaired) electrons. The van der Waals surface area contributed by atoms with Gasteiger partial charge in [0.1, 0.15) is 11.6 Å². The molecule has 1 aliphatic heterocycles. The van der Waals surface area contributed by atoms with Crippen LogP contribution in [0, 0.1) is 35.5 Å². The molecule has 8 saturated carbocycles. The molecule has 8 fully saturated rings. The average molecular weight is 653 g/mol. The lowest BCUT2D eigenvalue weighted by molar-refractivity contribution is -0.0155. The summed E-state index contributed by atoms with van der Waals surface area (Å²) in [6, 6.07) is 27.3. The maximum atomic E-state index is 5.67. The Bertz CT molecular complexity index is 1760. The van der Waals surface area contributed by atoms with Gasteiger partial charge in [0.15, 0.2) is 5.82 Å². The first-order chi connectivity index (χ1) is 23.3. The zero-order valence-corrected chi connectivity index (χ0v) is 29.4. The van der Waals surface area contributed by atoms with E-state index in [1.807, 2.05) is 0 Å². The predicted molar refractivity (Wildman–Crippen MR) is 196 cm³/mol. The van der Waals surface area contributed by atoms with Crippen molar-refractivity contribution in [2.75, 3.05) is 17.4 Å². The molecule has 13 rings (SSSR count). The number of aromatic nitrogens is 3. The molecule has 8 aliphatic carbocycles. The molecule has 4 aromatic rings. The van der Waals surface area contributed by atoms with Crippen molar-refractivity contribution >= 4 is 27.1 Å². The molecule has 8 bridgehead atoms. The second-order valence-electron chi connectivity index (χ2n) is 17.8. The molecule has 0 unspecified atom stereocenters. The molecule has 5 heteroatoms. The second kappa shape index (κ2) is 9.96. The van der Waals surface area contributed by atoms with Gasteiger partial charge in [0.25, 0.3) is 0 Å². The number of hydrogen-bond donors (Lipinski definition) is 0. The van der Waals surface area contributed by atoms with Gasteiger partial charge < -0.3 is 4.90 Å². The molecule has 2 heterocycles. The minimum Gasteiger partial charge on any atom is -0.308 e. The largest absolute Gasteiger partial charge is 0.308 e. The quantitative estimate of drug-likeness (QED) is 0.220. The maximum Gasteiger partial charge on any atom is 0.163 e. The Labute approximate surface area is 287 Å². The average Bonchev–Trinajstić information content (AvgIpc) is 3.07. The van der Waals surface area contributed by atoms with E-state index in [0.29, 0.717) is 0 Å². The molecule has 9 aliphatic rings. The van der Waals surface area contributed by atoms with E-state index in [0.717, 1.165) is 46.9 Å². The molecule has 1 aromatic heterocycles. The SMILES string of the molecule is CS1(C)c2ccccc2N(c2ccc(-c3nc(C45CC6CC(CC(C6)C4)C5)nc(C45CC6CC(CC(C6)C4)C5)n3)cc2)c2ccccc21. The van der Waals surface area contributed by atoms with Crippen molar-refractivity contribution in [1.82, 2.24) is 15.0 Å². The number of fused-ring (bicyclic) bond motifs is 2. The first kappa shape index (κ1) is 28.6. The van der Waals surface area contributed by atoms with E-state index < -0.39 is 10.0 Å². The highest BCUT2D eigenvalue weighted by atomic mass is 32.3. The Balaban J connectivity index is 1.03. The van der Waals surface area contributed by atoms with E-state index in [1.54, 1.807) is 0 Å². The van der Waals surface area contributed by atoms with Gasteiger partial charge in [0.2, 0.25) is 0 Å². The van der Waals surface area contributed by atoms with Crippen molar-refractivity contribution in [2.45, 2.75) is 97.7 Å². The highest BCUT2D eigenvalue weighted by Gasteiger charge is 2.56. The molecule has 0 amide bonds. The van der Waals surface area contributed by atoms with Crippen molar-refractivity contribution in [3.63, 3.8) is 0 Å². The maximum absolute atomic E-state index is 5.67. The second-order valence-corrected chi connectivity index (χ2v) is 21.4. The lowest BCUT2D eigenvalue weighted by Crippen LogP contribution is -2.51. The fourth-order valence-electron chi connectivity index (χ4n) is 13.2. The van der Waals surface area contributed by atoms with Crippen LogP contribution >= 0.6 is 10.0 Å². The highest BCUT2D eigenvalue weighted by Crippen LogP contribution is 2.67. The standard InChI is InChI=1S/C43H48N4S/c1-48(2)37-9-5-3-7-35(37)47(36-8-4-6-10-38(36)48)34-13-11-33(12-14-34)39-44-40(42-21-27-15-28(22-42)17-29(16-27)23-42)46-41(45-39)43-24-30-18-31(25-43)20-32(19-30)26-43/h3-14,27-32H,15-26H2,1-2H3. The summed E-state index contributed by atoms with van der Waals surface area (Å²) >= 11 is 0. The van der Waals surface area contributed by atoms with Crippen LogP contribution in [-0.4, -0.2) is 27.5 Å². The van der Waals surface area contributed by atoms with Crippen LogP contribution in [0.15, 0.2) is 82.6 Å². The minimum absolute atomic E-state index is 0.166. The first-order valence-electron chi connectivity index (χ1n) is 18.9. The minimum atomic E-state index is -1.11. The predicted octanol–water partition coefficient (Wildman–Crippen LogP) is 10.7. The number of nitrogens with zero attached hydrogens (tertiary/aromatic N) is 4. The Morgan fingerprint density at radius 2 is 0.917 bits per heavy atom. The number of para-hydroxylation sites is 2. The molecule has 3 aromatic carbocycles. The topological polar surface area (TPSA) is 41.9 Å². The van der Waals surface area contributed by atoms with Gasteiger partial charge in [-0.3, -0.25) is 0 Å². The van der Waals surface area contributed by atoms with Crippen LogP contribution in [0.3, 0.4) is 0 Å². The molecular formula is C43H48N4S. The smallest absolute Gasteiger partial charge is 0.163 e. The molecule has 4 nitrogen and oxygen atoms in total. The van der Waals surface area contributed by atoms with Crippen molar-refractivity contribution < 1.29 is 0 Å². The molecule has 0 N–H and O–H groups in total. The molecule has 48 heavy (non-hydrogen) atoms. The summed E-state index contributed by atoms with van der Waals surface area (Å²) in [6.45, 7) is 0. The van der Waals surface area contributed by atoms with Crippen LogP contribution in [0.1, 0.15) is 88.7 Å². The van der Waals surface area contributed by atoms with Gasteiger partial charge in [-0.2, -0.15) is 10.0 Å². The van der Waals surface area contributed by atoms with Gasteiger partial charge in [0, 0.05) is 31.9 Å². The van der Waals surface area contributed by atoms with Crippen molar-refractivity contribution in [3.05, 3.63) is 84.4 Å². The van der Waals surface area contributed by atoms with Crippen LogP contribution in [0.2, 0.25) is 0 Å². The third-order valence-corrected chi connectivity index (χ3v) is 17.2. The fourth-order valence-corrected chi connectivity index (χ4v) is 15.6. The molecule has 0 atom stereocenters. The van der Waals surface area contributed by atoms with Gasteiger partial charge >= 0.3 is 0 Å². The van der Waals surface area contributed by atoms with Crippen molar-refractivity contribution in [2.24, 2.45) is 35.5 Å². The summed E-state index contributed by atoms with van der Waals surface area (Å²) in [5.74, 6) is 8.53. The third kappa shape index (κ3) is 4.12. The number of rotatable bonds is 4. The van der Waals surface area contributed by atoms with E-state index in [4.69, 9.17) is 15.0 Å². The van der Waals surface area contributed by atoms with Crippen molar-refractivity contribution in [3.8, 4) is 11.4 Å². The van der Waals surface area contributed by atoms with Crippen LogP contribution < -0.4 is 4.90 Å². The lowest BCUT2D eigenvalue weighted by Gasteiger charge is -2.57. The van der Waals surface area contributed by atoms with E-state index in [-0.39, 0.29) is 10.8 Å². The van der Waals surface area contributed by atoms with Crippen LogP contribution in [0.5, 0.6) is 0 Å². The molecule has 246 valence electrons. The van der Waals surface area contributed by atoms with Gasteiger partial charge in [-0.15, -0.1) is 0 Å². The highest BCUT2D eigenvalue weighted by molar-refractivity contribution is 8.33. The molecular weight excluding hydrogens is 605 g/mol. The van der Waals surface area contributed by atoms with Crippen LogP contribution in [-0.2, 0) is 10.8 Å². The zero-order valence-electron chi connectivity index (χ0n) is 28.6. The van der Waals surface area contributed by atoms with Gasteiger partial charge in [-0.1, -0.05) is 24.3 Å². The summed E-state index contributed by atoms with van der Waals surface area (Å²) < 4.78 is 0. The Morgan fingerprint density at radius 1 is 0.521 bits per heavy atom. The van der Waals surface area contributed by atoms with Gasteiger partial charge in [-0.05, 0) is 174 Å². The Hall–Kier alpha value is -3.18. The summed E-state index contributed by atoms with van der Waals surface area (Å²) in [4.78, 5) is 22.1. The van der Waals surface area contributed by atoms with E-state index >= 15 is 0 Å². The summed E-state index contributed by atoms with van der Waals surface area (Å²) in [5.41, 5.74) is 5.28. The Morgan fingerprint density at radius 3 is 1.33 bits per heavy atom. The first-order valence-corrected chi connectivity index (χ1v) is 21.4. The fraction of sp³-hybridized carbons (Fsp3) is 0.512. The summed E-state index contributed by atoms with van der Waals surface area (Å²) in [7, 11) is -1.11. The van der Waals surface area contributed by atoms with Gasteiger partial charge in [0.05, 0.1) is 11.4 Å². The number of benzene rings is 3. The van der Waals surface area contributed by atoms with Crippen LogP contribution in [0.4, 0.5) is 17.1 Å². The number of hydrogen-bond acceptors (Lipinski definition) is 4. The van der Waals surface area contributed by atoms with Crippen molar-refractivity contribution in [1.29, 1.82) is 0 Å². The summed E-state index contributed by atoms with van der Waals surface area (Å²) in [6.07, 6.45) is 21.4. The molecule has 0 saturated heterocycles. The third-order valence-electron chi connectivity index (χ3n) is 14.4. The lowest BCUT2D eigenvalue weighted by atomic mass is 9.49. The van der Waals surface area contributed by atoms with E-state index in [9.17, 15) is 0 Å². The molecule has 0 spiro atoms. The van der Waals surface area contributed by atoms with Gasteiger partial charge in [-0.25, -0.2) is 15.0 Å². The van der Waals surface area contributed by atoms with E-state index in [2.05, 4.69) is 90.2 Å².